The lowest BCUT2D eigenvalue weighted by Crippen LogP contribution is -2.23. The molecule has 0 aromatic rings. The summed E-state index contributed by atoms with van der Waals surface area (Å²) in [7, 11) is 0. The first-order valence-electron chi connectivity index (χ1n) is 7.15. The van der Waals surface area contributed by atoms with Crippen LogP contribution in [0.4, 0.5) is 8.78 Å². The molecule has 0 bridgehead atoms. The summed E-state index contributed by atoms with van der Waals surface area (Å²) in [5.74, 6) is 0.473. The molecule has 0 aromatic heterocycles. The Balaban J connectivity index is 3.18. The minimum atomic E-state index is -0.639. The van der Waals surface area contributed by atoms with Crippen molar-refractivity contribution >= 4 is 12.6 Å². The molecule has 0 amide bonds. The van der Waals surface area contributed by atoms with Gasteiger partial charge in [0.15, 0.2) is 0 Å². The third-order valence-electron chi connectivity index (χ3n) is 3.42. The van der Waals surface area contributed by atoms with Crippen LogP contribution in [-0.2, 0) is 0 Å². The van der Waals surface area contributed by atoms with E-state index in [1.165, 1.54) is 6.08 Å². The van der Waals surface area contributed by atoms with E-state index in [0.29, 0.717) is 23.3 Å². The molecular formula is C17H23F2NS. The Morgan fingerprint density at radius 2 is 2.24 bits per heavy atom. The van der Waals surface area contributed by atoms with E-state index in [1.54, 1.807) is 24.3 Å². The fourth-order valence-corrected chi connectivity index (χ4v) is 2.58. The van der Waals surface area contributed by atoms with Gasteiger partial charge in [0, 0.05) is 18.0 Å². The largest absolute Gasteiger partial charge is 0.324 e. The standard InChI is InChI=1S/C17H23F2NS/c1-2-3-5-13(8-10-18)15-12-14(17(20)9-11-21)6-4-7-16(15)19/h2-3,5,8,12,17,21H,1,4,6-7,9-11,20H2/b5-3-,13-8+. The quantitative estimate of drug-likeness (QED) is 0.521. The molecule has 116 valence electrons. The molecule has 1 aliphatic rings. The van der Waals surface area contributed by atoms with Gasteiger partial charge in [0.1, 0.15) is 12.5 Å². The second-order valence-corrected chi connectivity index (χ2v) is 5.37. The van der Waals surface area contributed by atoms with Crippen molar-refractivity contribution in [2.75, 3.05) is 12.4 Å². The Bertz CT molecular complexity index is 475. The maximum absolute atomic E-state index is 14.3. The van der Waals surface area contributed by atoms with Gasteiger partial charge in [-0.1, -0.05) is 36.5 Å². The number of rotatable bonds is 7. The third kappa shape index (κ3) is 5.64. The molecule has 4 heteroatoms. The Kier molecular flexibility index (Phi) is 8.31. The number of hydrogen-bond acceptors (Lipinski definition) is 2. The zero-order valence-electron chi connectivity index (χ0n) is 12.2. The molecule has 0 heterocycles. The minimum Gasteiger partial charge on any atom is -0.324 e. The van der Waals surface area contributed by atoms with Gasteiger partial charge in [-0.3, -0.25) is 0 Å². The van der Waals surface area contributed by atoms with Gasteiger partial charge >= 0.3 is 0 Å². The van der Waals surface area contributed by atoms with Crippen LogP contribution in [-0.4, -0.2) is 18.5 Å². The summed E-state index contributed by atoms with van der Waals surface area (Å²) in [5.41, 5.74) is 8.10. The molecule has 0 aromatic carbocycles. The normalized spacial score (nSPS) is 18.7. The van der Waals surface area contributed by atoms with Crippen molar-refractivity contribution in [2.45, 2.75) is 31.7 Å². The second kappa shape index (κ2) is 9.74. The molecule has 1 aliphatic carbocycles. The fraction of sp³-hybridized carbons (Fsp3) is 0.412. The maximum atomic E-state index is 14.3. The molecule has 0 radical (unpaired) electrons. The zero-order chi connectivity index (χ0) is 15.7. The van der Waals surface area contributed by atoms with Crippen molar-refractivity contribution < 1.29 is 8.78 Å². The highest BCUT2D eigenvalue weighted by molar-refractivity contribution is 7.80. The van der Waals surface area contributed by atoms with Crippen molar-refractivity contribution in [1.82, 2.24) is 0 Å². The van der Waals surface area contributed by atoms with Crippen LogP contribution >= 0.6 is 12.6 Å². The lowest BCUT2D eigenvalue weighted by Gasteiger charge is -2.14. The smallest absolute Gasteiger partial charge is 0.108 e. The van der Waals surface area contributed by atoms with Gasteiger partial charge in [-0.2, -0.15) is 12.6 Å². The number of alkyl halides is 1. The first-order chi connectivity index (χ1) is 10.1. The van der Waals surface area contributed by atoms with Crippen molar-refractivity contribution in [2.24, 2.45) is 5.73 Å². The summed E-state index contributed by atoms with van der Waals surface area (Å²) in [6.07, 6.45) is 10.7. The molecule has 2 N–H and O–H groups in total. The Labute approximate surface area is 131 Å². The van der Waals surface area contributed by atoms with Crippen LogP contribution in [0.25, 0.3) is 0 Å². The molecular weight excluding hydrogens is 288 g/mol. The highest BCUT2D eigenvalue weighted by Gasteiger charge is 2.17. The van der Waals surface area contributed by atoms with Crippen LogP contribution in [0, 0.1) is 0 Å². The second-order valence-electron chi connectivity index (χ2n) is 4.92. The van der Waals surface area contributed by atoms with Gasteiger partial charge in [-0.15, -0.1) is 0 Å². The van der Waals surface area contributed by atoms with Gasteiger partial charge in [-0.05, 0) is 36.7 Å². The topological polar surface area (TPSA) is 26.0 Å². The minimum absolute atomic E-state index is 0.126. The van der Waals surface area contributed by atoms with Crippen molar-refractivity contribution in [1.29, 1.82) is 0 Å². The van der Waals surface area contributed by atoms with Crippen molar-refractivity contribution in [3.05, 3.63) is 59.5 Å². The van der Waals surface area contributed by atoms with Crippen LogP contribution in [0.15, 0.2) is 59.5 Å². The summed E-state index contributed by atoms with van der Waals surface area (Å²) in [4.78, 5) is 0. The highest BCUT2D eigenvalue weighted by Crippen LogP contribution is 2.30. The number of nitrogens with two attached hydrogens (primary N) is 1. The molecule has 21 heavy (non-hydrogen) atoms. The highest BCUT2D eigenvalue weighted by atomic mass is 32.1. The van der Waals surface area contributed by atoms with Crippen molar-refractivity contribution in [3.63, 3.8) is 0 Å². The van der Waals surface area contributed by atoms with Crippen LogP contribution in [0.3, 0.4) is 0 Å². The van der Waals surface area contributed by atoms with E-state index in [1.807, 2.05) is 0 Å². The molecule has 1 unspecified atom stereocenters. The molecule has 1 rings (SSSR count). The maximum Gasteiger partial charge on any atom is 0.108 e. The predicted octanol–water partition coefficient (Wildman–Crippen LogP) is 4.61. The number of halogens is 2. The average molecular weight is 311 g/mol. The lowest BCUT2D eigenvalue weighted by atomic mass is 9.97. The lowest BCUT2D eigenvalue weighted by molar-refractivity contribution is 0.558. The average Bonchev–Trinajstić information content (AvgIpc) is 2.66. The number of thiol groups is 1. The van der Waals surface area contributed by atoms with E-state index >= 15 is 0 Å². The third-order valence-corrected chi connectivity index (χ3v) is 3.68. The molecule has 1 atom stereocenters. The summed E-state index contributed by atoms with van der Waals surface area (Å²) in [5, 5.41) is 0. The van der Waals surface area contributed by atoms with E-state index in [0.717, 1.165) is 24.8 Å². The van der Waals surface area contributed by atoms with E-state index in [-0.39, 0.29) is 11.9 Å². The first kappa shape index (κ1) is 17.9. The van der Waals surface area contributed by atoms with E-state index in [9.17, 15) is 8.78 Å². The monoisotopic (exact) mass is 311 g/mol. The fourth-order valence-electron chi connectivity index (χ4n) is 2.30. The first-order valence-corrected chi connectivity index (χ1v) is 7.78. The molecule has 0 spiro atoms. The van der Waals surface area contributed by atoms with E-state index in [2.05, 4.69) is 19.2 Å². The SMILES string of the molecule is C=C/C=C\C(=C/CF)C1=C(F)CCCC(C(N)CCS)=C1. The van der Waals surface area contributed by atoms with Gasteiger partial charge in [0.25, 0.3) is 0 Å². The molecule has 0 saturated heterocycles. The molecule has 1 nitrogen and oxygen atoms in total. The Morgan fingerprint density at radius 1 is 1.48 bits per heavy atom. The predicted molar refractivity (Wildman–Crippen MR) is 89.9 cm³/mol. The van der Waals surface area contributed by atoms with Crippen LogP contribution in [0.5, 0.6) is 0 Å². The van der Waals surface area contributed by atoms with Gasteiger partial charge < -0.3 is 5.73 Å². The number of allylic oxidation sites excluding steroid dienone is 8. The van der Waals surface area contributed by atoms with Crippen LogP contribution in [0.2, 0.25) is 0 Å². The van der Waals surface area contributed by atoms with Gasteiger partial charge in [0.05, 0.1) is 0 Å². The molecule has 0 aliphatic heterocycles. The molecule has 0 saturated carbocycles. The van der Waals surface area contributed by atoms with Crippen LogP contribution in [0.1, 0.15) is 25.7 Å². The Morgan fingerprint density at radius 3 is 2.86 bits per heavy atom. The number of hydrogen-bond donors (Lipinski definition) is 2. The van der Waals surface area contributed by atoms with Gasteiger partial charge in [0.2, 0.25) is 0 Å². The summed E-state index contributed by atoms with van der Waals surface area (Å²) in [6.45, 7) is 2.94. The van der Waals surface area contributed by atoms with Crippen molar-refractivity contribution in [3.8, 4) is 0 Å². The van der Waals surface area contributed by atoms with E-state index < -0.39 is 6.67 Å². The summed E-state index contributed by atoms with van der Waals surface area (Å²) < 4.78 is 27.0. The Hall–Kier alpha value is -1.13. The summed E-state index contributed by atoms with van der Waals surface area (Å²) in [6, 6.07) is -0.126. The molecule has 0 fully saturated rings. The summed E-state index contributed by atoms with van der Waals surface area (Å²) >= 11 is 4.19. The van der Waals surface area contributed by atoms with E-state index in [4.69, 9.17) is 5.73 Å². The zero-order valence-corrected chi connectivity index (χ0v) is 13.1. The van der Waals surface area contributed by atoms with Crippen LogP contribution < -0.4 is 5.73 Å². The van der Waals surface area contributed by atoms with Gasteiger partial charge in [-0.25, -0.2) is 8.78 Å².